The highest BCUT2D eigenvalue weighted by Gasteiger charge is 2.33. The van der Waals surface area contributed by atoms with E-state index in [9.17, 15) is 18.3 Å². The van der Waals surface area contributed by atoms with E-state index in [1.54, 1.807) is 18.2 Å². The highest BCUT2D eigenvalue weighted by molar-refractivity contribution is 7.91. The number of carbonyl (C=O) groups excluding carboxylic acids is 1. The topological polar surface area (TPSA) is 104 Å². The van der Waals surface area contributed by atoms with Crippen molar-refractivity contribution in [1.29, 1.82) is 0 Å². The summed E-state index contributed by atoms with van der Waals surface area (Å²) >= 11 is 0. The molecule has 0 aromatic heterocycles. The second kappa shape index (κ2) is 7.21. The molecular weight excluding hydrogens is 306 g/mol. The molecule has 6 nitrogen and oxygen atoms in total. The van der Waals surface area contributed by atoms with Crippen molar-refractivity contribution in [2.24, 2.45) is 5.92 Å². The minimum Gasteiger partial charge on any atom is -0.396 e. The molecule has 1 fully saturated rings. The largest absolute Gasteiger partial charge is 0.396 e. The van der Waals surface area contributed by atoms with Crippen LogP contribution in [0.1, 0.15) is 19.3 Å². The van der Waals surface area contributed by atoms with Gasteiger partial charge in [0.2, 0.25) is 5.91 Å². The second-order valence-corrected chi connectivity index (χ2v) is 7.74. The van der Waals surface area contributed by atoms with Gasteiger partial charge in [-0.05, 0) is 25.0 Å². The van der Waals surface area contributed by atoms with Crippen LogP contribution in [0.5, 0.6) is 0 Å². The van der Waals surface area contributed by atoms with Crippen LogP contribution in [-0.4, -0.2) is 49.0 Å². The number of sulfone groups is 1. The molecule has 1 aromatic carbocycles. The number of nitrogens with one attached hydrogen (secondary N) is 1. The molecule has 0 spiro atoms. The SMILES string of the molecule is O=C(CCS(=O)(=O)c1ccccc1)N[C@@H]1C[C@@H](CO)[C@H](O)C1. The highest BCUT2D eigenvalue weighted by Crippen LogP contribution is 2.25. The van der Waals surface area contributed by atoms with Gasteiger partial charge in [-0.2, -0.15) is 0 Å². The lowest BCUT2D eigenvalue weighted by molar-refractivity contribution is -0.121. The molecule has 3 atom stereocenters. The minimum atomic E-state index is -3.47. The summed E-state index contributed by atoms with van der Waals surface area (Å²) in [4.78, 5) is 12.1. The molecule has 7 heteroatoms. The summed E-state index contributed by atoms with van der Waals surface area (Å²) in [7, 11) is -3.47. The number of rotatable bonds is 6. The fraction of sp³-hybridized carbons (Fsp3) is 0.533. The van der Waals surface area contributed by atoms with E-state index >= 15 is 0 Å². The molecule has 1 amide bonds. The molecule has 1 aliphatic carbocycles. The van der Waals surface area contributed by atoms with Crippen LogP contribution in [0.25, 0.3) is 0 Å². The van der Waals surface area contributed by atoms with Gasteiger partial charge in [0, 0.05) is 25.0 Å². The summed E-state index contributed by atoms with van der Waals surface area (Å²) < 4.78 is 24.1. The molecule has 0 heterocycles. The van der Waals surface area contributed by atoms with Gasteiger partial charge < -0.3 is 15.5 Å². The molecule has 0 bridgehead atoms. The van der Waals surface area contributed by atoms with Crippen LogP contribution in [0.3, 0.4) is 0 Å². The smallest absolute Gasteiger partial charge is 0.221 e. The number of amides is 1. The molecule has 1 saturated carbocycles. The summed E-state index contributed by atoms with van der Waals surface area (Å²) in [6.07, 6.45) is 0.161. The first-order valence-electron chi connectivity index (χ1n) is 7.28. The van der Waals surface area contributed by atoms with Gasteiger partial charge in [0.15, 0.2) is 9.84 Å². The highest BCUT2D eigenvalue weighted by atomic mass is 32.2. The molecule has 3 N–H and O–H groups in total. The van der Waals surface area contributed by atoms with E-state index in [4.69, 9.17) is 5.11 Å². The average Bonchev–Trinajstić information content (AvgIpc) is 2.86. The van der Waals surface area contributed by atoms with Crippen LogP contribution in [0.4, 0.5) is 0 Å². The van der Waals surface area contributed by atoms with Gasteiger partial charge in [0.25, 0.3) is 0 Å². The summed E-state index contributed by atoms with van der Waals surface area (Å²) in [5, 5.41) is 21.5. The predicted molar refractivity (Wildman–Crippen MR) is 80.9 cm³/mol. The third-order valence-electron chi connectivity index (χ3n) is 3.96. The van der Waals surface area contributed by atoms with Gasteiger partial charge in [0.1, 0.15) is 0 Å². The Hall–Kier alpha value is -1.44. The lowest BCUT2D eigenvalue weighted by Crippen LogP contribution is -2.34. The first-order chi connectivity index (χ1) is 10.4. The van der Waals surface area contributed by atoms with Crippen LogP contribution in [0.15, 0.2) is 35.2 Å². The van der Waals surface area contributed by atoms with Crippen molar-refractivity contribution < 1.29 is 23.4 Å². The van der Waals surface area contributed by atoms with E-state index in [0.29, 0.717) is 12.8 Å². The Morgan fingerprint density at radius 3 is 2.50 bits per heavy atom. The van der Waals surface area contributed by atoms with Crippen LogP contribution in [0, 0.1) is 5.92 Å². The van der Waals surface area contributed by atoms with Crippen molar-refractivity contribution >= 4 is 15.7 Å². The van der Waals surface area contributed by atoms with Crippen molar-refractivity contribution in [3.63, 3.8) is 0 Å². The van der Waals surface area contributed by atoms with E-state index in [-0.39, 0.29) is 41.5 Å². The molecule has 22 heavy (non-hydrogen) atoms. The Kier molecular flexibility index (Phi) is 5.55. The number of aliphatic hydroxyl groups excluding tert-OH is 2. The normalized spacial score (nSPS) is 25.1. The predicted octanol–water partition coefficient (Wildman–Crippen LogP) is 0.0984. The average molecular weight is 327 g/mol. The summed E-state index contributed by atoms with van der Waals surface area (Å²) in [5.74, 6) is -0.824. The van der Waals surface area contributed by atoms with Gasteiger partial charge >= 0.3 is 0 Å². The maximum Gasteiger partial charge on any atom is 0.221 e. The van der Waals surface area contributed by atoms with Crippen molar-refractivity contribution in [2.75, 3.05) is 12.4 Å². The molecule has 0 radical (unpaired) electrons. The van der Waals surface area contributed by atoms with Crippen molar-refractivity contribution in [3.8, 4) is 0 Å². The molecule has 1 aromatic rings. The number of hydrogen-bond acceptors (Lipinski definition) is 5. The maximum atomic E-state index is 12.1. The Morgan fingerprint density at radius 1 is 1.23 bits per heavy atom. The fourth-order valence-corrected chi connectivity index (χ4v) is 3.95. The van der Waals surface area contributed by atoms with E-state index in [1.807, 2.05) is 0 Å². The van der Waals surface area contributed by atoms with Crippen molar-refractivity contribution in [3.05, 3.63) is 30.3 Å². The van der Waals surface area contributed by atoms with Crippen LogP contribution < -0.4 is 5.32 Å². The molecule has 0 saturated heterocycles. The molecule has 122 valence electrons. The van der Waals surface area contributed by atoms with Crippen molar-refractivity contribution in [1.82, 2.24) is 5.32 Å². The Labute approximate surface area is 130 Å². The summed E-state index contributed by atoms with van der Waals surface area (Å²) in [6, 6.07) is 7.82. The summed E-state index contributed by atoms with van der Waals surface area (Å²) in [6.45, 7) is -0.115. The zero-order valence-electron chi connectivity index (χ0n) is 12.2. The van der Waals surface area contributed by atoms with E-state index < -0.39 is 15.9 Å². The van der Waals surface area contributed by atoms with Gasteiger partial charge in [-0.3, -0.25) is 4.79 Å². The number of benzene rings is 1. The lowest BCUT2D eigenvalue weighted by Gasteiger charge is -2.12. The van der Waals surface area contributed by atoms with Crippen LogP contribution in [-0.2, 0) is 14.6 Å². The monoisotopic (exact) mass is 327 g/mol. The first-order valence-corrected chi connectivity index (χ1v) is 8.93. The number of carbonyl (C=O) groups is 1. The summed E-state index contributed by atoms with van der Waals surface area (Å²) in [5.41, 5.74) is 0. The number of hydrogen-bond donors (Lipinski definition) is 3. The molecular formula is C15H21NO5S. The minimum absolute atomic E-state index is 0.115. The lowest BCUT2D eigenvalue weighted by atomic mass is 10.1. The van der Waals surface area contributed by atoms with Gasteiger partial charge in [-0.1, -0.05) is 18.2 Å². The molecule has 0 aliphatic heterocycles. The molecule has 1 aliphatic rings. The van der Waals surface area contributed by atoms with Crippen molar-refractivity contribution in [2.45, 2.75) is 36.3 Å². The zero-order valence-corrected chi connectivity index (χ0v) is 13.0. The standard InChI is InChI=1S/C15H21NO5S/c17-10-11-8-12(9-14(11)18)16-15(19)6-7-22(20,21)13-4-2-1-3-5-13/h1-5,11-12,14,17-18H,6-10H2,(H,16,19)/t11-,12+,14+/m0/s1. The van der Waals surface area contributed by atoms with E-state index in [2.05, 4.69) is 5.32 Å². The third kappa shape index (κ3) is 4.28. The van der Waals surface area contributed by atoms with Gasteiger partial charge in [-0.15, -0.1) is 0 Å². The second-order valence-electron chi connectivity index (χ2n) is 5.63. The Morgan fingerprint density at radius 2 is 1.91 bits per heavy atom. The Balaban J connectivity index is 1.84. The van der Waals surface area contributed by atoms with Crippen LogP contribution in [0.2, 0.25) is 0 Å². The maximum absolute atomic E-state index is 12.1. The fourth-order valence-electron chi connectivity index (χ4n) is 2.69. The molecule has 0 unspecified atom stereocenters. The third-order valence-corrected chi connectivity index (χ3v) is 5.69. The van der Waals surface area contributed by atoms with E-state index in [1.165, 1.54) is 12.1 Å². The number of aliphatic hydroxyl groups is 2. The Bertz CT molecular complexity index is 602. The zero-order chi connectivity index (χ0) is 16.2. The van der Waals surface area contributed by atoms with Gasteiger partial charge in [0.05, 0.1) is 16.8 Å². The van der Waals surface area contributed by atoms with E-state index in [0.717, 1.165) is 0 Å². The quantitative estimate of drug-likeness (QED) is 0.687. The molecule has 2 rings (SSSR count). The van der Waals surface area contributed by atoms with Gasteiger partial charge in [-0.25, -0.2) is 8.42 Å². The van der Waals surface area contributed by atoms with Crippen LogP contribution >= 0.6 is 0 Å². The first kappa shape index (κ1) is 16.9.